The van der Waals surface area contributed by atoms with Gasteiger partial charge < -0.3 is 24.6 Å². The first-order valence-electron chi connectivity index (χ1n) is 13.3. The van der Waals surface area contributed by atoms with Crippen molar-refractivity contribution in [1.82, 2.24) is 0 Å². The molecule has 3 aromatic rings. The van der Waals surface area contributed by atoms with Gasteiger partial charge in [-0.25, -0.2) is 22.4 Å². The predicted molar refractivity (Wildman–Crippen MR) is 157 cm³/mol. The Balaban J connectivity index is 0.000000765. The fourth-order valence-electron chi connectivity index (χ4n) is 4.81. The number of nitrogens with one attached hydrogen (secondary N) is 1. The quantitative estimate of drug-likeness (QED) is 0.231. The minimum absolute atomic E-state index is 0.00106. The minimum atomic E-state index is -3.90. The van der Waals surface area contributed by atoms with Crippen molar-refractivity contribution in [2.75, 3.05) is 36.9 Å². The second-order valence-electron chi connectivity index (χ2n) is 9.53. The summed E-state index contributed by atoms with van der Waals surface area (Å²) in [5.74, 6) is -3.07. The van der Waals surface area contributed by atoms with Crippen molar-refractivity contribution in [1.29, 1.82) is 0 Å². The minimum Gasteiger partial charge on any atom is -0.497 e. The van der Waals surface area contributed by atoms with Crippen LogP contribution in [0.5, 0.6) is 11.5 Å². The second-order valence-corrected chi connectivity index (χ2v) is 11.2. The van der Waals surface area contributed by atoms with E-state index in [1.165, 1.54) is 31.4 Å². The number of hydrogen-bond acceptors (Lipinski definition) is 8. The van der Waals surface area contributed by atoms with Crippen molar-refractivity contribution in [2.24, 2.45) is 5.92 Å². The molecule has 0 aliphatic carbocycles. The van der Waals surface area contributed by atoms with E-state index < -0.39 is 22.0 Å². The number of halogens is 1. The highest BCUT2D eigenvalue weighted by Crippen LogP contribution is 2.39. The first-order valence-corrected chi connectivity index (χ1v) is 14.8. The predicted octanol–water partition coefficient (Wildman–Crippen LogP) is 4.46. The van der Waals surface area contributed by atoms with Crippen LogP contribution in [0.2, 0.25) is 0 Å². The zero-order valence-corrected chi connectivity index (χ0v) is 24.7. The summed E-state index contributed by atoms with van der Waals surface area (Å²) >= 11 is 0. The lowest BCUT2D eigenvalue weighted by atomic mass is 9.88. The smallest absolute Gasteiger partial charge is 0.414 e. The van der Waals surface area contributed by atoms with E-state index in [0.29, 0.717) is 60.7 Å². The van der Waals surface area contributed by atoms with E-state index in [9.17, 15) is 17.6 Å². The zero-order valence-electron chi connectivity index (χ0n) is 23.9. The number of sulfonamides is 1. The molecule has 0 spiro atoms. The van der Waals surface area contributed by atoms with Crippen LogP contribution < -0.4 is 19.1 Å². The maximum absolute atomic E-state index is 13.5. The zero-order chi connectivity index (χ0) is 31.7. The number of carbonyl (C=O) groups excluding carboxylic acids is 1. The van der Waals surface area contributed by atoms with E-state index in [0.717, 1.165) is 5.69 Å². The Morgan fingerprint density at radius 1 is 0.953 bits per heavy atom. The summed E-state index contributed by atoms with van der Waals surface area (Å²) in [4.78, 5) is 33.4. The van der Waals surface area contributed by atoms with Crippen LogP contribution in [0.4, 0.5) is 15.8 Å². The van der Waals surface area contributed by atoms with Crippen LogP contribution in [0, 0.1) is 11.7 Å². The van der Waals surface area contributed by atoms with Crippen LogP contribution in [0.25, 0.3) is 0 Å². The van der Waals surface area contributed by atoms with Gasteiger partial charge in [-0.2, -0.15) is 0 Å². The van der Waals surface area contributed by atoms with Crippen LogP contribution in [-0.4, -0.2) is 63.7 Å². The molecule has 230 valence electrons. The fraction of sp³-hybridized carbons (Fsp3) is 0.300. The molecule has 0 radical (unpaired) electrons. The maximum atomic E-state index is 13.5. The van der Waals surface area contributed by atoms with Gasteiger partial charge in [0.05, 0.1) is 30.5 Å². The average Bonchev–Trinajstić information content (AvgIpc) is 3.00. The summed E-state index contributed by atoms with van der Waals surface area (Å²) in [7, 11) is -0.819. The van der Waals surface area contributed by atoms with E-state index in [1.54, 1.807) is 43.5 Å². The van der Waals surface area contributed by atoms with Crippen molar-refractivity contribution in [3.8, 4) is 11.5 Å². The number of rotatable bonds is 9. The third-order valence-corrected chi connectivity index (χ3v) is 8.35. The van der Waals surface area contributed by atoms with Gasteiger partial charge in [-0.05, 0) is 73.4 Å². The van der Waals surface area contributed by atoms with E-state index in [4.69, 9.17) is 29.3 Å². The maximum Gasteiger partial charge on any atom is 0.414 e. The summed E-state index contributed by atoms with van der Waals surface area (Å²) in [6.45, 7) is 3.04. The van der Waals surface area contributed by atoms with E-state index >= 15 is 0 Å². The van der Waals surface area contributed by atoms with Gasteiger partial charge in [-0.1, -0.05) is 13.0 Å². The van der Waals surface area contributed by atoms with Crippen LogP contribution in [0.1, 0.15) is 35.7 Å². The molecule has 3 aromatic carbocycles. The third-order valence-electron chi connectivity index (χ3n) is 6.88. The summed E-state index contributed by atoms with van der Waals surface area (Å²) in [5.41, 5.74) is 2.28. The van der Waals surface area contributed by atoms with E-state index in [1.807, 2.05) is 6.92 Å². The highest BCUT2D eigenvalue weighted by molar-refractivity contribution is 7.92. The molecule has 1 fully saturated rings. The number of hydrogen-bond donors (Lipinski definition) is 3. The topological polar surface area (TPSA) is 160 Å². The molecular formula is C30H33FN2O9S. The van der Waals surface area contributed by atoms with Gasteiger partial charge in [0.2, 0.25) is 0 Å². The summed E-state index contributed by atoms with van der Waals surface area (Å²) in [6.07, 6.45) is 1.67. The lowest BCUT2D eigenvalue weighted by Gasteiger charge is -2.35. The number of aliphatic carboxylic acids is 2. The first-order chi connectivity index (χ1) is 20.4. The number of anilines is 2. The number of carbonyl (C=O) groups is 3. The Morgan fingerprint density at radius 2 is 1.58 bits per heavy atom. The first kappa shape index (κ1) is 32.9. The number of carboxylic acid groups (broad SMARTS) is 2. The van der Waals surface area contributed by atoms with Gasteiger partial charge in [-0.15, -0.1) is 0 Å². The molecule has 0 saturated carbocycles. The van der Waals surface area contributed by atoms with Gasteiger partial charge in [0.1, 0.15) is 17.3 Å². The SMILES string of the molecule is CCc1c(S(=O)(=O)Nc2cccc(OC)c2)ccc(OC)c1N1CCC(C(=O)c2ccc(F)cc2)CC1.O=C(O)C(=O)O. The van der Waals surface area contributed by atoms with Crippen molar-refractivity contribution < 1.29 is 46.9 Å². The lowest BCUT2D eigenvalue weighted by Crippen LogP contribution is -2.37. The Bertz CT molecular complexity index is 1560. The molecule has 0 atom stereocenters. The Labute approximate surface area is 248 Å². The number of carboxylic acids is 2. The highest BCUT2D eigenvalue weighted by Gasteiger charge is 2.30. The van der Waals surface area contributed by atoms with Crippen LogP contribution in [-0.2, 0) is 26.0 Å². The standard InChI is InChI=1S/C28H31FN2O5S.C2H2O4/c1-4-24-26(37(33,34)30-22-6-5-7-23(18-22)35-2)13-12-25(36-3)27(24)31-16-14-20(15-17-31)28(32)19-8-10-21(29)11-9-19;3-1(4)2(5)6/h5-13,18,20,30H,4,14-17H2,1-3H3;(H,3,4)(H,5,6). The number of methoxy groups -OCH3 is 2. The largest absolute Gasteiger partial charge is 0.497 e. The van der Waals surface area contributed by atoms with Gasteiger partial charge >= 0.3 is 11.9 Å². The van der Waals surface area contributed by atoms with Crippen LogP contribution in [0.15, 0.2) is 65.6 Å². The molecular weight excluding hydrogens is 583 g/mol. The lowest BCUT2D eigenvalue weighted by molar-refractivity contribution is -0.159. The molecule has 0 unspecified atom stereocenters. The molecule has 13 heteroatoms. The third kappa shape index (κ3) is 8.22. The van der Waals surface area contributed by atoms with Gasteiger partial charge in [0.25, 0.3) is 10.0 Å². The summed E-state index contributed by atoms with van der Waals surface area (Å²) in [5, 5.41) is 14.8. The number of ether oxygens (including phenoxy) is 2. The Morgan fingerprint density at radius 3 is 2.12 bits per heavy atom. The molecule has 11 nitrogen and oxygen atoms in total. The summed E-state index contributed by atoms with van der Waals surface area (Å²) in [6, 6.07) is 15.6. The number of ketones is 1. The van der Waals surface area contributed by atoms with Crippen LogP contribution in [0.3, 0.4) is 0 Å². The second kappa shape index (κ2) is 14.5. The molecule has 1 heterocycles. The molecule has 0 amide bonds. The van der Waals surface area contributed by atoms with Crippen molar-refractivity contribution in [3.63, 3.8) is 0 Å². The monoisotopic (exact) mass is 616 g/mol. The Hall–Kier alpha value is -4.65. The normalized spacial score (nSPS) is 13.3. The molecule has 43 heavy (non-hydrogen) atoms. The summed E-state index contributed by atoms with van der Waals surface area (Å²) < 4.78 is 53.7. The van der Waals surface area contributed by atoms with Gasteiger partial charge in [0, 0.05) is 30.6 Å². The molecule has 0 aromatic heterocycles. The Kier molecular flexibility index (Phi) is 11.1. The van der Waals surface area contributed by atoms with Crippen LogP contribution >= 0.6 is 0 Å². The van der Waals surface area contributed by atoms with E-state index in [-0.39, 0.29) is 22.4 Å². The van der Waals surface area contributed by atoms with Crippen molar-refractivity contribution >= 4 is 39.1 Å². The molecule has 1 aliphatic rings. The number of nitrogens with zero attached hydrogens (tertiary/aromatic N) is 1. The molecule has 1 aliphatic heterocycles. The molecule has 1 saturated heterocycles. The number of Topliss-reactive ketones (excluding diaryl/α,β-unsaturated/α-hetero) is 1. The highest BCUT2D eigenvalue weighted by atomic mass is 32.2. The average molecular weight is 617 g/mol. The van der Waals surface area contributed by atoms with Crippen molar-refractivity contribution in [2.45, 2.75) is 31.1 Å². The van der Waals surface area contributed by atoms with Crippen molar-refractivity contribution in [3.05, 3.63) is 77.6 Å². The molecule has 4 rings (SSSR count). The van der Waals surface area contributed by atoms with Gasteiger partial charge in [-0.3, -0.25) is 9.52 Å². The number of benzene rings is 3. The fourth-order valence-corrected chi connectivity index (χ4v) is 6.17. The van der Waals surface area contributed by atoms with E-state index in [2.05, 4.69) is 9.62 Å². The molecule has 3 N–H and O–H groups in total. The molecule has 0 bridgehead atoms. The van der Waals surface area contributed by atoms with Gasteiger partial charge in [0.15, 0.2) is 5.78 Å². The number of piperidine rings is 1.